The van der Waals surface area contributed by atoms with Gasteiger partial charge in [-0.25, -0.2) is 9.59 Å². The van der Waals surface area contributed by atoms with Crippen molar-refractivity contribution >= 4 is 52.9 Å². The topological polar surface area (TPSA) is 189 Å². The highest BCUT2D eigenvalue weighted by atomic mass is 35.5. The number of hydrogen-bond acceptors (Lipinski definition) is 12. The number of esters is 1. The summed E-state index contributed by atoms with van der Waals surface area (Å²) in [4.78, 5) is 57.7. The molecule has 0 radical (unpaired) electrons. The molecule has 5 fully saturated rings. The summed E-state index contributed by atoms with van der Waals surface area (Å²) < 4.78 is 39.4. The van der Waals surface area contributed by atoms with Crippen molar-refractivity contribution in [2.45, 2.75) is 154 Å². The molecule has 4 amide bonds. The third-order valence-corrected chi connectivity index (χ3v) is 12.6. The Morgan fingerprint density at radius 1 is 0.721 bits per heavy atom. The van der Waals surface area contributed by atoms with Crippen LogP contribution in [0.1, 0.15) is 116 Å². The molecule has 5 aliphatic rings. The van der Waals surface area contributed by atoms with Gasteiger partial charge in [0.2, 0.25) is 11.8 Å². The summed E-state index contributed by atoms with van der Waals surface area (Å²) >= 11 is 5.47. The highest BCUT2D eigenvalue weighted by Gasteiger charge is 2.46. The van der Waals surface area contributed by atoms with E-state index in [1.807, 2.05) is 82.3 Å². The molecule has 0 aromatic heterocycles. The Bertz CT molecular complexity index is 2160. The Morgan fingerprint density at radius 2 is 1.25 bits per heavy atom. The third-order valence-electron chi connectivity index (χ3n) is 12.3. The van der Waals surface area contributed by atoms with Crippen LogP contribution in [0, 0.1) is 0 Å². The minimum absolute atomic E-state index is 0.131. The van der Waals surface area contributed by atoms with Crippen molar-refractivity contribution in [3.05, 3.63) is 95.6 Å². The smallest absolute Gasteiger partial charge is 0.414 e. The van der Waals surface area contributed by atoms with Gasteiger partial charge in [0.1, 0.15) is 18.8 Å². The second-order valence-electron chi connectivity index (χ2n) is 18.7. The number of anilines is 2. The van der Waals surface area contributed by atoms with E-state index in [1.165, 1.54) is 31.9 Å². The van der Waals surface area contributed by atoms with Crippen LogP contribution < -0.4 is 20.9 Å². The third kappa shape index (κ3) is 15.6. The molecule has 4 unspecified atom stereocenters. The molecule has 3 saturated heterocycles. The Balaban J connectivity index is 0.000000182. The van der Waals surface area contributed by atoms with Gasteiger partial charge in [-0.3, -0.25) is 24.6 Å². The Hall–Kier alpha value is -5.26. The van der Waals surface area contributed by atoms with Crippen LogP contribution >= 0.6 is 11.6 Å². The molecule has 370 valence electrons. The fraction of sp³-hybridized carbons (Fsp3) is 0.549. The van der Waals surface area contributed by atoms with Crippen LogP contribution in [-0.2, 0) is 54.1 Å². The minimum Gasteiger partial charge on any atom is -0.459 e. The standard InChI is InChI=1S/C23H27NO4.C21H28N2O5.C7H12ClNO3/c1-23(2)27-20-13-10-18(14-21(20)28-23)17-8-11-19(12-9-17)24-22(25)26-15-16-6-4-3-5-7-16;1-13(24)22-11-17-12-23(20(25)26-17)16-7-4-14(5-8-16)15-6-9-18-19(10-15)28-21(2,3)27-18;1-5(10)9-4-7(3-8)12-6(2)11/h3-9,11-12,18,20-21H,10,13-15H2,1-2H3,(H,24,25);4-5,7-8,15,17-19H,6,9-12H2,1-3H3,(H,22,24);7H,3-4H2,1-2H3,(H,9,10)/t18?,20?,21-;15?,17-,18?,19-;7-/m001/s1. The number of ether oxygens (including phenoxy) is 7. The first kappa shape index (κ1) is 52.1. The zero-order valence-electron chi connectivity index (χ0n) is 40.1. The molecular weight excluding hydrogens is 896 g/mol. The summed E-state index contributed by atoms with van der Waals surface area (Å²) in [7, 11) is 0. The van der Waals surface area contributed by atoms with Gasteiger partial charge in [-0.15, -0.1) is 11.6 Å². The first-order valence-electron chi connectivity index (χ1n) is 23.4. The number of nitrogens with zero attached hydrogens (tertiary/aromatic N) is 1. The quantitative estimate of drug-likeness (QED) is 0.0894. The average Bonchev–Trinajstić information content (AvgIpc) is 3.95. The van der Waals surface area contributed by atoms with Crippen LogP contribution in [0.25, 0.3) is 0 Å². The molecule has 3 aliphatic heterocycles. The summed E-state index contributed by atoms with van der Waals surface area (Å²) in [5, 5.41) is 7.98. The molecule has 3 N–H and O–H groups in total. The summed E-state index contributed by atoms with van der Waals surface area (Å²) in [6, 6.07) is 25.8. The summed E-state index contributed by atoms with van der Waals surface area (Å²) in [5.41, 5.74) is 5.05. The lowest BCUT2D eigenvalue weighted by Crippen LogP contribution is -2.34. The Morgan fingerprint density at radius 3 is 1.76 bits per heavy atom. The first-order chi connectivity index (χ1) is 32.3. The lowest BCUT2D eigenvalue weighted by molar-refractivity contribution is -0.146. The molecule has 0 bridgehead atoms. The second-order valence-corrected chi connectivity index (χ2v) is 19.0. The fourth-order valence-corrected chi connectivity index (χ4v) is 9.37. The van der Waals surface area contributed by atoms with Crippen molar-refractivity contribution in [1.29, 1.82) is 0 Å². The van der Waals surface area contributed by atoms with Crippen LogP contribution in [0.3, 0.4) is 0 Å². The molecule has 3 aromatic rings. The first-order valence-corrected chi connectivity index (χ1v) is 24.0. The van der Waals surface area contributed by atoms with E-state index < -0.39 is 29.7 Å². The number of nitrogens with one attached hydrogen (secondary N) is 3. The molecule has 3 aromatic carbocycles. The average molecular weight is 964 g/mol. The number of carbonyl (C=O) groups is 5. The molecule has 8 atom stereocenters. The highest BCUT2D eigenvalue weighted by molar-refractivity contribution is 6.18. The fourth-order valence-electron chi connectivity index (χ4n) is 9.20. The van der Waals surface area contributed by atoms with Crippen LogP contribution in [0.5, 0.6) is 0 Å². The molecule has 17 heteroatoms. The van der Waals surface area contributed by atoms with Gasteiger partial charge in [0.05, 0.1) is 49.9 Å². The van der Waals surface area contributed by atoms with Gasteiger partial charge >= 0.3 is 18.2 Å². The van der Waals surface area contributed by atoms with Crippen molar-refractivity contribution in [3.8, 4) is 0 Å². The number of benzene rings is 3. The SMILES string of the molecule is CC(=O)NC[C@@H](CCl)OC(C)=O.CC(=O)NC[C@H]1CN(c2ccc(C3CCC4OC(C)(C)O[C@H]4C3)cc2)C(=O)O1.CC1(C)OC2CCC(c3ccc(NC(=O)OCc4ccccc4)cc3)C[C@@H]2O1. The molecule has 2 saturated carbocycles. The zero-order valence-corrected chi connectivity index (χ0v) is 40.9. The molecular formula is C51H67ClN4O12. The van der Waals surface area contributed by atoms with E-state index in [9.17, 15) is 24.0 Å². The monoisotopic (exact) mass is 962 g/mol. The van der Waals surface area contributed by atoms with Gasteiger partial charge in [-0.05, 0) is 119 Å². The van der Waals surface area contributed by atoms with E-state index >= 15 is 0 Å². The van der Waals surface area contributed by atoms with Crippen LogP contribution in [0.2, 0.25) is 0 Å². The predicted molar refractivity (Wildman–Crippen MR) is 255 cm³/mol. The highest BCUT2D eigenvalue weighted by Crippen LogP contribution is 2.44. The molecule has 8 rings (SSSR count). The van der Waals surface area contributed by atoms with E-state index in [2.05, 4.69) is 40.2 Å². The number of hydrogen-bond donors (Lipinski definition) is 3. The number of alkyl halides is 1. The number of rotatable bonds is 12. The van der Waals surface area contributed by atoms with Crippen LogP contribution in [-0.4, -0.2) is 104 Å². The van der Waals surface area contributed by atoms with E-state index in [0.29, 0.717) is 24.9 Å². The summed E-state index contributed by atoms with van der Waals surface area (Å²) in [5.74, 6) is -0.587. The van der Waals surface area contributed by atoms with E-state index in [1.54, 1.807) is 4.90 Å². The van der Waals surface area contributed by atoms with Gasteiger partial charge in [0, 0.05) is 32.1 Å². The van der Waals surface area contributed by atoms with E-state index in [4.69, 9.17) is 44.8 Å². The molecule has 3 heterocycles. The Labute approximate surface area is 404 Å². The molecule has 68 heavy (non-hydrogen) atoms. The maximum absolute atomic E-state index is 12.2. The number of halogens is 1. The van der Waals surface area contributed by atoms with Crippen molar-refractivity contribution < 1.29 is 57.1 Å². The number of cyclic esters (lactones) is 1. The van der Waals surface area contributed by atoms with Crippen molar-refractivity contribution in [2.24, 2.45) is 0 Å². The summed E-state index contributed by atoms with van der Waals surface area (Å²) in [6.45, 7) is 13.3. The molecule has 0 spiro atoms. The van der Waals surface area contributed by atoms with Crippen LogP contribution in [0.15, 0.2) is 78.9 Å². The Kier molecular flexibility index (Phi) is 18.3. The van der Waals surface area contributed by atoms with E-state index in [-0.39, 0.29) is 67.5 Å². The van der Waals surface area contributed by atoms with E-state index in [0.717, 1.165) is 55.5 Å². The summed E-state index contributed by atoms with van der Waals surface area (Å²) in [6.07, 6.45) is 5.26. The van der Waals surface area contributed by atoms with Gasteiger partial charge in [0.25, 0.3) is 0 Å². The molecule has 2 aliphatic carbocycles. The second kappa shape index (κ2) is 23.8. The lowest BCUT2D eigenvalue weighted by Gasteiger charge is -2.29. The normalized spacial score (nSPS) is 25.6. The van der Waals surface area contributed by atoms with Gasteiger partial charge in [-0.2, -0.15) is 0 Å². The molecule has 16 nitrogen and oxygen atoms in total. The van der Waals surface area contributed by atoms with Crippen molar-refractivity contribution in [1.82, 2.24) is 10.6 Å². The number of fused-ring (bicyclic) bond motifs is 2. The van der Waals surface area contributed by atoms with Gasteiger partial charge in [0.15, 0.2) is 11.6 Å². The van der Waals surface area contributed by atoms with Gasteiger partial charge < -0.3 is 43.8 Å². The number of carbonyl (C=O) groups excluding carboxylic acids is 5. The predicted octanol–water partition coefficient (Wildman–Crippen LogP) is 8.45. The minimum atomic E-state index is -0.488. The lowest BCUT2D eigenvalue weighted by atomic mass is 9.81. The maximum Gasteiger partial charge on any atom is 0.414 e. The maximum atomic E-state index is 12.2. The van der Waals surface area contributed by atoms with Crippen LogP contribution in [0.4, 0.5) is 21.0 Å². The zero-order chi connectivity index (χ0) is 49.0. The van der Waals surface area contributed by atoms with Crippen molar-refractivity contribution in [3.63, 3.8) is 0 Å². The number of amides is 4. The van der Waals surface area contributed by atoms with Crippen molar-refractivity contribution in [2.75, 3.05) is 35.7 Å². The van der Waals surface area contributed by atoms with Gasteiger partial charge in [-0.1, -0.05) is 54.6 Å². The largest absolute Gasteiger partial charge is 0.459 e.